The lowest BCUT2D eigenvalue weighted by Gasteiger charge is -2.08. The Morgan fingerprint density at radius 1 is 1.67 bits per heavy atom. The molecule has 0 unspecified atom stereocenters. The number of aliphatic hydroxyl groups excluding tert-OH is 1. The number of carbonyl (C=O) groups is 1. The third kappa shape index (κ3) is 3.54. The fourth-order valence-electron chi connectivity index (χ4n) is 1.95. The summed E-state index contributed by atoms with van der Waals surface area (Å²) in [7, 11) is 0. The van der Waals surface area contributed by atoms with Gasteiger partial charge in [-0.3, -0.25) is 4.79 Å². The van der Waals surface area contributed by atoms with Crippen LogP contribution in [0.1, 0.15) is 29.2 Å². The van der Waals surface area contributed by atoms with Crippen LogP contribution < -0.4 is 5.32 Å². The molecule has 100 valence electrons. The fraction of sp³-hybridized carbons (Fsp3) is 0.615. The molecule has 1 amide bonds. The number of rotatable bonds is 5. The SMILES string of the molecule is C[C@@H](O)c1ccc(CCNC(=O)[C@H]2CCOC2)s1. The number of nitrogens with one attached hydrogen (secondary N) is 1. The standard InChI is InChI=1S/C13H19NO3S/c1-9(15)12-3-2-11(18-12)4-6-14-13(16)10-5-7-17-8-10/h2-3,9-10,15H,4-8H2,1H3,(H,14,16)/t9-,10+/m1/s1. The van der Waals surface area contributed by atoms with Crippen LogP contribution in [-0.4, -0.2) is 30.8 Å². The van der Waals surface area contributed by atoms with Gasteiger partial charge in [0.05, 0.1) is 18.6 Å². The number of hydrogen-bond donors (Lipinski definition) is 2. The summed E-state index contributed by atoms with van der Waals surface area (Å²) < 4.78 is 5.19. The lowest BCUT2D eigenvalue weighted by atomic mass is 10.1. The van der Waals surface area contributed by atoms with Crippen LogP contribution in [0.3, 0.4) is 0 Å². The zero-order chi connectivity index (χ0) is 13.0. The van der Waals surface area contributed by atoms with Crippen molar-refractivity contribution in [3.05, 3.63) is 21.9 Å². The molecule has 18 heavy (non-hydrogen) atoms. The molecule has 1 fully saturated rings. The van der Waals surface area contributed by atoms with Crippen LogP contribution in [0.25, 0.3) is 0 Å². The number of carbonyl (C=O) groups excluding carboxylic acids is 1. The minimum atomic E-state index is -0.408. The molecule has 2 N–H and O–H groups in total. The quantitative estimate of drug-likeness (QED) is 0.851. The van der Waals surface area contributed by atoms with Gasteiger partial charge in [0.25, 0.3) is 0 Å². The first-order valence-corrected chi connectivity index (χ1v) is 7.10. The van der Waals surface area contributed by atoms with Crippen LogP contribution >= 0.6 is 11.3 Å². The second-order valence-electron chi connectivity index (χ2n) is 4.58. The maximum absolute atomic E-state index is 11.7. The Balaban J connectivity index is 1.72. The molecule has 1 aromatic rings. The Hall–Kier alpha value is -0.910. The van der Waals surface area contributed by atoms with Gasteiger partial charge in [-0.05, 0) is 31.9 Å². The summed E-state index contributed by atoms with van der Waals surface area (Å²) in [5.74, 6) is 0.126. The Morgan fingerprint density at radius 2 is 2.50 bits per heavy atom. The van der Waals surface area contributed by atoms with Crippen molar-refractivity contribution in [1.29, 1.82) is 0 Å². The lowest BCUT2D eigenvalue weighted by molar-refractivity contribution is -0.124. The Labute approximate surface area is 111 Å². The van der Waals surface area contributed by atoms with E-state index in [1.54, 1.807) is 18.3 Å². The molecule has 4 nitrogen and oxygen atoms in total. The van der Waals surface area contributed by atoms with Gasteiger partial charge in [0.1, 0.15) is 0 Å². The smallest absolute Gasteiger partial charge is 0.225 e. The van der Waals surface area contributed by atoms with Crippen molar-refractivity contribution in [2.24, 2.45) is 5.92 Å². The van der Waals surface area contributed by atoms with Crippen LogP contribution in [0, 0.1) is 5.92 Å². The second-order valence-corrected chi connectivity index (χ2v) is 5.78. The normalized spacial score (nSPS) is 20.9. The van der Waals surface area contributed by atoms with E-state index in [9.17, 15) is 9.90 Å². The topological polar surface area (TPSA) is 58.6 Å². The van der Waals surface area contributed by atoms with Crippen molar-refractivity contribution in [2.45, 2.75) is 25.9 Å². The van der Waals surface area contributed by atoms with Gasteiger partial charge in [0, 0.05) is 22.9 Å². The van der Waals surface area contributed by atoms with Crippen LogP contribution in [0.5, 0.6) is 0 Å². The van der Waals surface area contributed by atoms with Crippen molar-refractivity contribution < 1.29 is 14.6 Å². The molecule has 5 heteroatoms. The highest BCUT2D eigenvalue weighted by atomic mass is 32.1. The first kappa shape index (κ1) is 13.5. The molecular weight excluding hydrogens is 250 g/mol. The predicted octanol–water partition coefficient (Wildman–Crippen LogP) is 1.50. The van der Waals surface area contributed by atoms with Gasteiger partial charge in [-0.15, -0.1) is 11.3 Å². The summed E-state index contributed by atoms with van der Waals surface area (Å²) in [5.41, 5.74) is 0. The molecule has 0 bridgehead atoms. The van der Waals surface area contributed by atoms with Crippen molar-refractivity contribution in [3.63, 3.8) is 0 Å². The minimum Gasteiger partial charge on any atom is -0.388 e. The summed E-state index contributed by atoms with van der Waals surface area (Å²) in [5, 5.41) is 12.4. The molecule has 0 aromatic carbocycles. The molecule has 1 saturated heterocycles. The second kappa shape index (κ2) is 6.31. The van der Waals surface area contributed by atoms with Gasteiger partial charge in [0.2, 0.25) is 5.91 Å². The molecule has 1 aliphatic rings. The van der Waals surface area contributed by atoms with Gasteiger partial charge >= 0.3 is 0 Å². The predicted molar refractivity (Wildman–Crippen MR) is 70.6 cm³/mol. The van der Waals surface area contributed by atoms with E-state index in [0.29, 0.717) is 19.8 Å². The van der Waals surface area contributed by atoms with Crippen molar-refractivity contribution >= 4 is 17.2 Å². The average Bonchev–Trinajstić information content (AvgIpc) is 3.00. The summed E-state index contributed by atoms with van der Waals surface area (Å²) in [6.45, 7) is 3.66. The summed E-state index contributed by atoms with van der Waals surface area (Å²) in [6, 6.07) is 3.95. The zero-order valence-electron chi connectivity index (χ0n) is 10.5. The number of ether oxygens (including phenoxy) is 1. The molecule has 0 saturated carbocycles. The number of amides is 1. The monoisotopic (exact) mass is 269 g/mol. The highest BCUT2D eigenvalue weighted by molar-refractivity contribution is 7.12. The maximum atomic E-state index is 11.7. The van der Waals surface area contributed by atoms with Crippen molar-refractivity contribution in [1.82, 2.24) is 5.32 Å². The fourth-order valence-corrected chi connectivity index (χ4v) is 2.90. The van der Waals surface area contributed by atoms with E-state index in [1.165, 1.54) is 4.88 Å². The third-order valence-corrected chi connectivity index (χ3v) is 4.38. The van der Waals surface area contributed by atoms with Crippen LogP contribution in [0.4, 0.5) is 0 Å². The van der Waals surface area contributed by atoms with Crippen molar-refractivity contribution in [2.75, 3.05) is 19.8 Å². The Kier molecular flexibility index (Phi) is 4.74. The van der Waals surface area contributed by atoms with Crippen molar-refractivity contribution in [3.8, 4) is 0 Å². The van der Waals surface area contributed by atoms with Gasteiger partial charge < -0.3 is 15.2 Å². The molecule has 0 radical (unpaired) electrons. The largest absolute Gasteiger partial charge is 0.388 e. The number of aliphatic hydroxyl groups is 1. The molecule has 2 rings (SSSR count). The first-order valence-electron chi connectivity index (χ1n) is 6.29. The van der Waals surface area contributed by atoms with Gasteiger partial charge in [-0.1, -0.05) is 0 Å². The Bertz CT molecular complexity index is 397. The van der Waals surface area contributed by atoms with Gasteiger partial charge in [-0.2, -0.15) is 0 Å². The zero-order valence-corrected chi connectivity index (χ0v) is 11.3. The van der Waals surface area contributed by atoms with E-state index >= 15 is 0 Å². The number of thiophene rings is 1. The molecule has 0 aliphatic carbocycles. The van der Waals surface area contributed by atoms with Gasteiger partial charge in [0.15, 0.2) is 0 Å². The molecule has 1 aromatic heterocycles. The van der Waals surface area contributed by atoms with Crippen LogP contribution in [0.2, 0.25) is 0 Å². The first-order chi connectivity index (χ1) is 8.66. The van der Waals surface area contributed by atoms with E-state index < -0.39 is 6.10 Å². The molecule has 0 spiro atoms. The summed E-state index contributed by atoms with van der Waals surface area (Å²) >= 11 is 1.60. The van der Waals surface area contributed by atoms with Gasteiger partial charge in [-0.25, -0.2) is 0 Å². The lowest BCUT2D eigenvalue weighted by Crippen LogP contribution is -2.32. The van der Waals surface area contributed by atoms with E-state index in [2.05, 4.69) is 5.32 Å². The molecular formula is C13H19NO3S. The third-order valence-electron chi connectivity index (χ3n) is 3.07. The molecule has 2 heterocycles. The van der Waals surface area contributed by atoms with Crippen LogP contribution in [0.15, 0.2) is 12.1 Å². The van der Waals surface area contributed by atoms with E-state index in [-0.39, 0.29) is 11.8 Å². The minimum absolute atomic E-state index is 0.0290. The summed E-state index contributed by atoms with van der Waals surface area (Å²) in [4.78, 5) is 13.9. The van der Waals surface area contributed by atoms with Crippen LogP contribution in [-0.2, 0) is 16.0 Å². The highest BCUT2D eigenvalue weighted by Crippen LogP contribution is 2.23. The summed E-state index contributed by atoms with van der Waals surface area (Å²) in [6.07, 6.45) is 1.24. The van der Waals surface area contributed by atoms with E-state index in [4.69, 9.17) is 4.74 Å². The average molecular weight is 269 g/mol. The highest BCUT2D eigenvalue weighted by Gasteiger charge is 2.22. The molecule has 1 aliphatic heterocycles. The number of hydrogen-bond acceptors (Lipinski definition) is 4. The maximum Gasteiger partial charge on any atom is 0.225 e. The van der Waals surface area contributed by atoms with E-state index in [1.807, 2.05) is 12.1 Å². The molecule has 2 atom stereocenters. The van der Waals surface area contributed by atoms with E-state index in [0.717, 1.165) is 17.7 Å². The Morgan fingerprint density at radius 3 is 3.11 bits per heavy atom.